The Morgan fingerprint density at radius 3 is 3.10 bits per heavy atom. The third-order valence-corrected chi connectivity index (χ3v) is 3.62. The molecule has 110 valence electrons. The summed E-state index contributed by atoms with van der Waals surface area (Å²) in [7, 11) is 0. The molecule has 7 heteroatoms. The van der Waals surface area contributed by atoms with Crippen LogP contribution in [-0.2, 0) is 0 Å². The zero-order valence-corrected chi connectivity index (χ0v) is 11.4. The topological polar surface area (TPSA) is 92.1 Å². The van der Waals surface area contributed by atoms with Gasteiger partial charge >= 0.3 is 0 Å². The van der Waals surface area contributed by atoms with Crippen LogP contribution in [0.25, 0.3) is 5.69 Å². The fraction of sp³-hybridized carbons (Fsp3) is 0.357. The van der Waals surface area contributed by atoms with Gasteiger partial charge in [-0.1, -0.05) is 6.07 Å². The number of hydrogen-bond acceptors (Lipinski definition) is 5. The number of hydrogen-bond donors (Lipinski definition) is 3. The minimum atomic E-state index is -0.396. The Labute approximate surface area is 122 Å². The van der Waals surface area contributed by atoms with E-state index in [1.54, 1.807) is 29.2 Å². The molecule has 1 aromatic carbocycles. The summed E-state index contributed by atoms with van der Waals surface area (Å²) in [5, 5.41) is 19.7. The lowest BCUT2D eigenvalue weighted by Gasteiger charge is -2.14. The van der Waals surface area contributed by atoms with Crippen LogP contribution in [0, 0.1) is 5.92 Å². The minimum absolute atomic E-state index is 0.0625. The lowest BCUT2D eigenvalue weighted by Crippen LogP contribution is -2.34. The summed E-state index contributed by atoms with van der Waals surface area (Å²) in [6, 6.07) is 7.17. The van der Waals surface area contributed by atoms with Gasteiger partial charge in [-0.2, -0.15) is 5.10 Å². The number of carbonyl (C=O) groups excluding carboxylic acids is 1. The second-order valence-corrected chi connectivity index (χ2v) is 5.09. The molecule has 7 nitrogen and oxygen atoms in total. The summed E-state index contributed by atoms with van der Waals surface area (Å²) in [5.74, 6) is -0.0940. The van der Waals surface area contributed by atoms with Gasteiger partial charge in [-0.25, -0.2) is 9.67 Å². The van der Waals surface area contributed by atoms with Crippen LogP contribution in [-0.4, -0.2) is 51.5 Å². The molecule has 1 aliphatic rings. The molecule has 2 heterocycles. The molecule has 1 amide bonds. The Balaban J connectivity index is 1.66. The van der Waals surface area contributed by atoms with Gasteiger partial charge in [0.15, 0.2) is 0 Å². The number of nitrogens with zero attached hydrogens (tertiary/aromatic N) is 3. The molecule has 3 rings (SSSR count). The molecular weight excluding hydrogens is 270 g/mol. The average molecular weight is 287 g/mol. The van der Waals surface area contributed by atoms with E-state index in [0.717, 1.165) is 12.2 Å². The molecule has 0 aliphatic carbocycles. The highest BCUT2D eigenvalue weighted by Gasteiger charge is 2.25. The van der Waals surface area contributed by atoms with Crippen molar-refractivity contribution in [1.29, 1.82) is 0 Å². The zero-order chi connectivity index (χ0) is 14.7. The van der Waals surface area contributed by atoms with Gasteiger partial charge in [-0.3, -0.25) is 4.79 Å². The largest absolute Gasteiger partial charge is 0.391 e. The third-order valence-electron chi connectivity index (χ3n) is 3.62. The van der Waals surface area contributed by atoms with Crippen LogP contribution in [0.15, 0.2) is 36.9 Å². The van der Waals surface area contributed by atoms with Crippen molar-refractivity contribution in [3.8, 4) is 5.69 Å². The van der Waals surface area contributed by atoms with Crippen molar-refractivity contribution < 1.29 is 9.90 Å². The first-order chi connectivity index (χ1) is 10.2. The second-order valence-electron chi connectivity index (χ2n) is 5.09. The van der Waals surface area contributed by atoms with Gasteiger partial charge in [0.05, 0.1) is 11.8 Å². The minimum Gasteiger partial charge on any atom is -0.391 e. The number of amides is 1. The van der Waals surface area contributed by atoms with E-state index in [9.17, 15) is 9.90 Å². The Morgan fingerprint density at radius 2 is 2.38 bits per heavy atom. The predicted molar refractivity (Wildman–Crippen MR) is 76.1 cm³/mol. The number of benzene rings is 1. The average Bonchev–Trinajstić information content (AvgIpc) is 3.16. The first-order valence-corrected chi connectivity index (χ1v) is 6.86. The maximum atomic E-state index is 12.2. The lowest BCUT2D eigenvalue weighted by atomic mass is 10.1. The van der Waals surface area contributed by atoms with Crippen molar-refractivity contribution in [1.82, 2.24) is 25.4 Å². The van der Waals surface area contributed by atoms with Gasteiger partial charge in [0.2, 0.25) is 0 Å². The smallest absolute Gasteiger partial charge is 0.251 e. The quantitative estimate of drug-likeness (QED) is 0.710. The zero-order valence-electron chi connectivity index (χ0n) is 11.4. The Kier molecular flexibility index (Phi) is 3.94. The predicted octanol–water partition coefficient (Wildman–Crippen LogP) is -0.423. The van der Waals surface area contributed by atoms with E-state index in [4.69, 9.17) is 0 Å². The van der Waals surface area contributed by atoms with Crippen molar-refractivity contribution in [2.45, 2.75) is 6.10 Å². The highest BCUT2D eigenvalue weighted by molar-refractivity contribution is 5.94. The third kappa shape index (κ3) is 3.09. The Morgan fingerprint density at radius 1 is 1.48 bits per heavy atom. The van der Waals surface area contributed by atoms with Crippen molar-refractivity contribution in [2.75, 3.05) is 19.6 Å². The molecular formula is C14H17N5O2. The number of carbonyl (C=O) groups is 1. The van der Waals surface area contributed by atoms with Crippen molar-refractivity contribution >= 4 is 5.91 Å². The number of β-amino-alcohol motifs (C(OH)–C–C–N with tert-alkyl or cyclic N) is 1. The molecule has 1 saturated heterocycles. The molecule has 3 N–H and O–H groups in total. The van der Waals surface area contributed by atoms with Gasteiger partial charge in [0.1, 0.15) is 12.7 Å². The fourth-order valence-electron chi connectivity index (χ4n) is 2.38. The highest BCUT2D eigenvalue weighted by atomic mass is 16.3. The van der Waals surface area contributed by atoms with Crippen LogP contribution in [0.4, 0.5) is 0 Å². The van der Waals surface area contributed by atoms with E-state index in [0.29, 0.717) is 18.7 Å². The fourth-order valence-corrected chi connectivity index (χ4v) is 2.38. The van der Waals surface area contributed by atoms with Crippen LogP contribution in [0.3, 0.4) is 0 Å². The first kappa shape index (κ1) is 13.7. The summed E-state index contributed by atoms with van der Waals surface area (Å²) < 4.78 is 1.60. The first-order valence-electron chi connectivity index (χ1n) is 6.86. The van der Waals surface area contributed by atoms with Crippen molar-refractivity contribution in [2.24, 2.45) is 5.92 Å². The van der Waals surface area contributed by atoms with Crippen molar-refractivity contribution in [3.05, 3.63) is 42.5 Å². The summed E-state index contributed by atoms with van der Waals surface area (Å²) in [4.78, 5) is 16.1. The van der Waals surface area contributed by atoms with Crippen LogP contribution in [0.1, 0.15) is 10.4 Å². The van der Waals surface area contributed by atoms with E-state index in [1.807, 2.05) is 6.07 Å². The molecule has 2 atom stereocenters. The van der Waals surface area contributed by atoms with Gasteiger partial charge < -0.3 is 15.7 Å². The standard InChI is InChI=1S/C14H17N5O2/c20-13-7-15-5-11(13)6-17-14(21)10-2-1-3-12(4-10)19-9-16-8-18-19/h1-4,8-9,11,13,15,20H,5-7H2,(H,17,21). The molecule has 2 unspecified atom stereocenters. The SMILES string of the molecule is O=C(NCC1CNCC1O)c1cccc(-n2cncn2)c1. The summed E-state index contributed by atoms with van der Waals surface area (Å²) in [5.41, 5.74) is 1.34. The van der Waals surface area contributed by atoms with Crippen molar-refractivity contribution in [3.63, 3.8) is 0 Å². The number of aliphatic hydroxyl groups is 1. The molecule has 0 bridgehead atoms. The Bertz CT molecular complexity index is 614. The summed E-state index contributed by atoms with van der Waals surface area (Å²) in [6.07, 6.45) is 2.63. The van der Waals surface area contributed by atoms with Crippen LogP contribution in [0.2, 0.25) is 0 Å². The molecule has 0 radical (unpaired) electrons. The van der Waals surface area contributed by atoms with E-state index in [2.05, 4.69) is 20.7 Å². The van der Waals surface area contributed by atoms with E-state index >= 15 is 0 Å². The Hall–Kier alpha value is -2.25. The number of rotatable bonds is 4. The van der Waals surface area contributed by atoms with Gasteiger partial charge in [-0.15, -0.1) is 0 Å². The van der Waals surface area contributed by atoms with Gasteiger partial charge in [0.25, 0.3) is 5.91 Å². The van der Waals surface area contributed by atoms with E-state index in [-0.39, 0.29) is 11.8 Å². The molecule has 1 fully saturated rings. The molecule has 0 spiro atoms. The number of nitrogens with one attached hydrogen (secondary N) is 2. The normalized spacial score (nSPS) is 21.4. The van der Waals surface area contributed by atoms with Crippen LogP contribution in [0.5, 0.6) is 0 Å². The summed E-state index contributed by atoms with van der Waals surface area (Å²) >= 11 is 0. The lowest BCUT2D eigenvalue weighted by molar-refractivity contribution is 0.0927. The molecule has 21 heavy (non-hydrogen) atoms. The molecule has 0 saturated carbocycles. The maximum absolute atomic E-state index is 12.2. The van der Waals surface area contributed by atoms with Gasteiger partial charge in [0, 0.05) is 31.1 Å². The monoisotopic (exact) mass is 287 g/mol. The van der Waals surface area contributed by atoms with Crippen LogP contribution < -0.4 is 10.6 Å². The summed E-state index contributed by atoms with van der Waals surface area (Å²) in [6.45, 7) is 1.77. The highest BCUT2D eigenvalue weighted by Crippen LogP contribution is 2.10. The second kappa shape index (κ2) is 6.02. The number of aromatic nitrogens is 3. The van der Waals surface area contributed by atoms with E-state index < -0.39 is 6.10 Å². The molecule has 1 aliphatic heterocycles. The maximum Gasteiger partial charge on any atom is 0.251 e. The van der Waals surface area contributed by atoms with Gasteiger partial charge in [-0.05, 0) is 18.2 Å². The van der Waals surface area contributed by atoms with Crippen LogP contribution >= 0.6 is 0 Å². The number of aliphatic hydroxyl groups excluding tert-OH is 1. The van der Waals surface area contributed by atoms with E-state index in [1.165, 1.54) is 6.33 Å². The molecule has 1 aromatic heterocycles. The molecule has 2 aromatic rings.